The van der Waals surface area contributed by atoms with E-state index < -0.39 is 0 Å². The van der Waals surface area contributed by atoms with E-state index in [2.05, 4.69) is 21.0 Å². The van der Waals surface area contributed by atoms with Crippen LogP contribution in [0.25, 0.3) is 0 Å². The Kier molecular flexibility index (Phi) is 2.82. The molecule has 0 radical (unpaired) electrons. The van der Waals surface area contributed by atoms with Crippen molar-refractivity contribution in [1.82, 2.24) is 9.78 Å². The number of halogens is 2. The van der Waals surface area contributed by atoms with Crippen LogP contribution < -0.4 is 10.5 Å². The Morgan fingerprint density at radius 3 is 2.88 bits per heavy atom. The SMILES string of the molecule is Cn1cc(N)c(Oc2cc(F)ccc2Br)n1. The van der Waals surface area contributed by atoms with Gasteiger partial charge in [-0.25, -0.2) is 4.39 Å². The van der Waals surface area contributed by atoms with Gasteiger partial charge in [0, 0.05) is 13.1 Å². The molecule has 0 unspecified atom stereocenters. The van der Waals surface area contributed by atoms with E-state index in [9.17, 15) is 4.39 Å². The van der Waals surface area contributed by atoms with Gasteiger partial charge in [-0.05, 0) is 28.1 Å². The number of nitrogen functional groups attached to an aromatic ring is 1. The van der Waals surface area contributed by atoms with Crippen molar-refractivity contribution in [3.63, 3.8) is 0 Å². The molecule has 0 saturated heterocycles. The van der Waals surface area contributed by atoms with E-state index in [0.717, 1.165) is 0 Å². The van der Waals surface area contributed by atoms with Crippen LogP contribution in [0.4, 0.5) is 10.1 Å². The van der Waals surface area contributed by atoms with Crippen molar-refractivity contribution in [2.75, 3.05) is 5.73 Å². The van der Waals surface area contributed by atoms with Crippen LogP contribution >= 0.6 is 15.9 Å². The van der Waals surface area contributed by atoms with Crippen molar-refractivity contribution in [1.29, 1.82) is 0 Å². The largest absolute Gasteiger partial charge is 0.435 e. The zero-order valence-corrected chi connectivity index (χ0v) is 10.0. The van der Waals surface area contributed by atoms with E-state index >= 15 is 0 Å². The van der Waals surface area contributed by atoms with Crippen molar-refractivity contribution in [3.8, 4) is 11.6 Å². The first-order valence-corrected chi connectivity index (χ1v) is 5.27. The van der Waals surface area contributed by atoms with Crippen LogP contribution in [0.2, 0.25) is 0 Å². The summed E-state index contributed by atoms with van der Waals surface area (Å²) < 4.78 is 20.6. The number of aromatic nitrogens is 2. The molecule has 2 aromatic rings. The summed E-state index contributed by atoms with van der Waals surface area (Å²) in [7, 11) is 1.73. The van der Waals surface area contributed by atoms with Gasteiger partial charge in [-0.1, -0.05) is 0 Å². The van der Waals surface area contributed by atoms with E-state index in [4.69, 9.17) is 10.5 Å². The zero-order valence-electron chi connectivity index (χ0n) is 8.45. The standard InChI is InChI=1S/C10H9BrFN3O/c1-15-5-8(13)10(14-15)16-9-4-6(12)2-3-7(9)11/h2-5H,13H2,1H3. The van der Waals surface area contributed by atoms with Crippen molar-refractivity contribution >= 4 is 21.6 Å². The van der Waals surface area contributed by atoms with Gasteiger partial charge in [0.1, 0.15) is 17.3 Å². The van der Waals surface area contributed by atoms with Gasteiger partial charge in [-0.15, -0.1) is 5.10 Å². The molecule has 0 aliphatic heterocycles. The molecule has 0 saturated carbocycles. The number of nitrogens with zero attached hydrogens (tertiary/aromatic N) is 2. The second kappa shape index (κ2) is 4.13. The highest BCUT2D eigenvalue weighted by molar-refractivity contribution is 9.10. The Labute approximate surface area is 99.9 Å². The Morgan fingerprint density at radius 1 is 1.50 bits per heavy atom. The van der Waals surface area contributed by atoms with E-state index in [1.807, 2.05) is 0 Å². The summed E-state index contributed by atoms with van der Waals surface area (Å²) in [6.45, 7) is 0. The molecular weight excluding hydrogens is 277 g/mol. The van der Waals surface area contributed by atoms with Crippen LogP contribution in [0.5, 0.6) is 11.6 Å². The minimum absolute atomic E-state index is 0.258. The molecule has 0 aliphatic carbocycles. The number of rotatable bonds is 2. The third-order valence-electron chi connectivity index (χ3n) is 1.92. The van der Waals surface area contributed by atoms with Crippen molar-refractivity contribution in [2.24, 2.45) is 7.05 Å². The van der Waals surface area contributed by atoms with Gasteiger partial charge in [0.2, 0.25) is 0 Å². The van der Waals surface area contributed by atoms with Gasteiger partial charge in [0.25, 0.3) is 5.88 Å². The molecule has 1 heterocycles. The van der Waals surface area contributed by atoms with Gasteiger partial charge in [0.05, 0.1) is 10.7 Å². The monoisotopic (exact) mass is 285 g/mol. The summed E-state index contributed by atoms with van der Waals surface area (Å²) in [5.41, 5.74) is 6.06. The van der Waals surface area contributed by atoms with Gasteiger partial charge in [-0.2, -0.15) is 0 Å². The van der Waals surface area contributed by atoms with Crippen LogP contribution in [-0.4, -0.2) is 9.78 Å². The molecule has 0 spiro atoms. The number of anilines is 1. The summed E-state index contributed by atoms with van der Waals surface area (Å²) in [6.07, 6.45) is 1.61. The molecule has 84 valence electrons. The van der Waals surface area contributed by atoms with Gasteiger partial charge < -0.3 is 10.5 Å². The number of hydrogen-bond donors (Lipinski definition) is 1. The zero-order chi connectivity index (χ0) is 11.7. The van der Waals surface area contributed by atoms with Gasteiger partial charge in [-0.3, -0.25) is 4.68 Å². The number of aryl methyl sites for hydroxylation is 1. The fourth-order valence-corrected chi connectivity index (χ4v) is 1.55. The molecule has 0 bridgehead atoms. The Morgan fingerprint density at radius 2 is 2.25 bits per heavy atom. The molecule has 0 fully saturated rings. The van der Waals surface area contributed by atoms with Crippen LogP contribution in [0.3, 0.4) is 0 Å². The summed E-state index contributed by atoms with van der Waals surface area (Å²) in [5, 5.41) is 4.00. The highest BCUT2D eigenvalue weighted by atomic mass is 79.9. The fourth-order valence-electron chi connectivity index (χ4n) is 1.23. The topological polar surface area (TPSA) is 53.1 Å². The molecule has 0 amide bonds. The van der Waals surface area contributed by atoms with E-state index in [0.29, 0.717) is 15.9 Å². The lowest BCUT2D eigenvalue weighted by atomic mass is 10.3. The molecule has 4 nitrogen and oxygen atoms in total. The third-order valence-corrected chi connectivity index (χ3v) is 2.58. The predicted molar refractivity (Wildman–Crippen MR) is 61.8 cm³/mol. The normalized spacial score (nSPS) is 10.4. The third kappa shape index (κ3) is 2.16. The molecule has 0 atom stereocenters. The lowest BCUT2D eigenvalue weighted by molar-refractivity contribution is 0.449. The highest BCUT2D eigenvalue weighted by Gasteiger charge is 2.10. The van der Waals surface area contributed by atoms with E-state index in [1.54, 1.807) is 19.3 Å². The molecule has 2 rings (SSSR count). The molecule has 2 N–H and O–H groups in total. The quantitative estimate of drug-likeness (QED) is 0.923. The Bertz CT molecular complexity index is 527. The summed E-state index contributed by atoms with van der Waals surface area (Å²) in [4.78, 5) is 0. The first kappa shape index (κ1) is 10.9. The maximum absolute atomic E-state index is 13.0. The van der Waals surface area contributed by atoms with Crippen molar-refractivity contribution < 1.29 is 9.13 Å². The van der Waals surface area contributed by atoms with Gasteiger partial charge >= 0.3 is 0 Å². The first-order chi connectivity index (χ1) is 7.56. The number of nitrogens with two attached hydrogens (primary N) is 1. The second-order valence-corrected chi connectivity index (χ2v) is 4.09. The molecule has 1 aromatic carbocycles. The Hall–Kier alpha value is -1.56. The first-order valence-electron chi connectivity index (χ1n) is 4.48. The maximum atomic E-state index is 13.0. The van der Waals surface area contributed by atoms with Crippen LogP contribution in [0.15, 0.2) is 28.9 Å². The van der Waals surface area contributed by atoms with Crippen LogP contribution in [0, 0.1) is 5.82 Å². The van der Waals surface area contributed by atoms with Crippen molar-refractivity contribution in [3.05, 3.63) is 34.7 Å². The Balaban J connectivity index is 2.33. The predicted octanol–water partition coefficient (Wildman–Crippen LogP) is 2.70. The molecular formula is C10H9BrFN3O. The van der Waals surface area contributed by atoms with E-state index in [-0.39, 0.29) is 11.7 Å². The van der Waals surface area contributed by atoms with Gasteiger partial charge in [0.15, 0.2) is 0 Å². The number of ether oxygens (including phenoxy) is 1. The average Bonchev–Trinajstić information content (AvgIpc) is 2.51. The number of hydrogen-bond acceptors (Lipinski definition) is 3. The lowest BCUT2D eigenvalue weighted by Crippen LogP contribution is -1.92. The molecule has 1 aromatic heterocycles. The lowest BCUT2D eigenvalue weighted by Gasteiger charge is -2.05. The highest BCUT2D eigenvalue weighted by Crippen LogP contribution is 2.31. The number of benzene rings is 1. The summed E-state index contributed by atoms with van der Waals surface area (Å²) >= 11 is 3.25. The summed E-state index contributed by atoms with van der Waals surface area (Å²) in [6, 6.07) is 4.15. The maximum Gasteiger partial charge on any atom is 0.261 e. The molecule has 0 aliphatic rings. The van der Waals surface area contributed by atoms with E-state index in [1.165, 1.54) is 16.8 Å². The summed E-state index contributed by atoms with van der Waals surface area (Å²) in [5.74, 6) is 0.215. The molecule has 16 heavy (non-hydrogen) atoms. The van der Waals surface area contributed by atoms with Crippen LogP contribution in [-0.2, 0) is 7.05 Å². The smallest absolute Gasteiger partial charge is 0.261 e. The minimum Gasteiger partial charge on any atom is -0.435 e. The molecule has 6 heteroatoms. The van der Waals surface area contributed by atoms with Crippen molar-refractivity contribution in [2.45, 2.75) is 0 Å². The average molecular weight is 286 g/mol. The minimum atomic E-state index is -0.382. The second-order valence-electron chi connectivity index (χ2n) is 3.24. The fraction of sp³-hybridized carbons (Fsp3) is 0.100. The van der Waals surface area contributed by atoms with Crippen LogP contribution in [0.1, 0.15) is 0 Å².